The highest BCUT2D eigenvalue weighted by atomic mass is 35.5. The molecule has 1 atom stereocenters. The molecule has 0 radical (unpaired) electrons. The Bertz CT molecular complexity index is 257. The molecule has 1 amide bonds. The Morgan fingerprint density at radius 1 is 1.38 bits per heavy atom. The van der Waals surface area contributed by atoms with Gasteiger partial charge in [0, 0.05) is 11.8 Å². The molecule has 2 rings (SSSR count). The largest absolute Gasteiger partial charge is 0.349 e. The highest BCUT2D eigenvalue weighted by Crippen LogP contribution is 2.37. The molecule has 0 aliphatic heterocycles. The van der Waals surface area contributed by atoms with Crippen LogP contribution in [0.2, 0.25) is 0 Å². The first-order valence-corrected chi connectivity index (χ1v) is 7.08. The summed E-state index contributed by atoms with van der Waals surface area (Å²) in [5.74, 6) is 1.61. The molecule has 1 unspecified atom stereocenters. The van der Waals surface area contributed by atoms with Crippen LogP contribution in [0.15, 0.2) is 0 Å². The summed E-state index contributed by atoms with van der Waals surface area (Å²) in [4.78, 5) is 12.1. The predicted molar refractivity (Wildman–Crippen MR) is 66.6 cm³/mol. The smallest absolute Gasteiger partial charge is 0.223 e. The van der Waals surface area contributed by atoms with Crippen molar-refractivity contribution in [2.75, 3.05) is 5.88 Å². The van der Waals surface area contributed by atoms with Crippen molar-refractivity contribution in [2.45, 2.75) is 57.4 Å². The number of nitrogens with one attached hydrogen (secondary N) is 1. The summed E-state index contributed by atoms with van der Waals surface area (Å²) in [5.41, 5.74) is -0.0972. The molecule has 1 N–H and O–H groups in total. The highest BCUT2D eigenvalue weighted by Gasteiger charge is 2.38. The van der Waals surface area contributed by atoms with Gasteiger partial charge in [0.05, 0.1) is 5.54 Å². The van der Waals surface area contributed by atoms with Gasteiger partial charge >= 0.3 is 0 Å². The minimum atomic E-state index is -0.0972. The van der Waals surface area contributed by atoms with Crippen molar-refractivity contribution in [2.24, 2.45) is 11.8 Å². The van der Waals surface area contributed by atoms with E-state index in [-0.39, 0.29) is 17.4 Å². The van der Waals surface area contributed by atoms with Crippen LogP contribution in [0.25, 0.3) is 0 Å². The maximum absolute atomic E-state index is 12.1. The second-order valence-electron chi connectivity index (χ2n) is 5.59. The van der Waals surface area contributed by atoms with Crippen molar-refractivity contribution in [3.63, 3.8) is 0 Å². The second kappa shape index (κ2) is 4.95. The first-order valence-electron chi connectivity index (χ1n) is 6.55. The van der Waals surface area contributed by atoms with Gasteiger partial charge in [-0.05, 0) is 31.6 Å². The molecule has 0 aromatic heterocycles. The van der Waals surface area contributed by atoms with Crippen LogP contribution in [-0.4, -0.2) is 17.3 Å². The van der Waals surface area contributed by atoms with Crippen molar-refractivity contribution < 1.29 is 4.79 Å². The number of rotatable bonds is 4. The minimum absolute atomic E-state index is 0.0972. The summed E-state index contributed by atoms with van der Waals surface area (Å²) in [5, 5.41) is 3.23. The van der Waals surface area contributed by atoms with Gasteiger partial charge in [-0.1, -0.05) is 26.2 Å². The summed E-state index contributed by atoms with van der Waals surface area (Å²) in [6, 6.07) is 0. The van der Waals surface area contributed by atoms with Crippen molar-refractivity contribution in [1.82, 2.24) is 5.32 Å². The molecule has 2 saturated carbocycles. The molecule has 16 heavy (non-hydrogen) atoms. The van der Waals surface area contributed by atoms with E-state index < -0.39 is 0 Å². The standard InChI is InChI=1S/C13H22ClNO/c1-10(11-5-6-11)12(16)15-13(9-14)7-3-2-4-8-13/h10-11H,2-9H2,1H3,(H,15,16). The van der Waals surface area contributed by atoms with Crippen LogP contribution in [0.1, 0.15) is 51.9 Å². The lowest BCUT2D eigenvalue weighted by Crippen LogP contribution is -2.53. The molecule has 0 aromatic carbocycles. The van der Waals surface area contributed by atoms with Crippen LogP contribution in [0, 0.1) is 11.8 Å². The number of hydrogen-bond acceptors (Lipinski definition) is 1. The van der Waals surface area contributed by atoms with Crippen LogP contribution in [0.4, 0.5) is 0 Å². The van der Waals surface area contributed by atoms with Crippen molar-refractivity contribution in [1.29, 1.82) is 0 Å². The van der Waals surface area contributed by atoms with Gasteiger partial charge in [0.15, 0.2) is 0 Å². The Morgan fingerprint density at radius 3 is 2.50 bits per heavy atom. The molecule has 2 aliphatic carbocycles. The van der Waals surface area contributed by atoms with Gasteiger partial charge in [-0.25, -0.2) is 0 Å². The van der Waals surface area contributed by atoms with E-state index >= 15 is 0 Å². The summed E-state index contributed by atoms with van der Waals surface area (Å²) >= 11 is 6.07. The van der Waals surface area contributed by atoms with E-state index in [1.165, 1.54) is 32.1 Å². The van der Waals surface area contributed by atoms with E-state index in [1.807, 2.05) is 0 Å². The first-order chi connectivity index (χ1) is 7.67. The van der Waals surface area contributed by atoms with Gasteiger partial charge in [0.2, 0.25) is 5.91 Å². The van der Waals surface area contributed by atoms with Gasteiger partial charge in [-0.3, -0.25) is 4.79 Å². The van der Waals surface area contributed by atoms with Crippen molar-refractivity contribution in [3.8, 4) is 0 Å². The van der Waals surface area contributed by atoms with Crippen LogP contribution in [-0.2, 0) is 4.79 Å². The van der Waals surface area contributed by atoms with E-state index in [1.54, 1.807) is 0 Å². The number of hydrogen-bond donors (Lipinski definition) is 1. The Morgan fingerprint density at radius 2 is 2.00 bits per heavy atom. The Labute approximate surface area is 103 Å². The molecular formula is C13H22ClNO. The fraction of sp³-hybridized carbons (Fsp3) is 0.923. The van der Waals surface area contributed by atoms with Gasteiger partial charge in [-0.15, -0.1) is 11.6 Å². The molecule has 2 fully saturated rings. The number of alkyl halides is 1. The molecule has 2 nitrogen and oxygen atoms in total. The van der Waals surface area contributed by atoms with E-state index in [2.05, 4.69) is 12.2 Å². The van der Waals surface area contributed by atoms with Crippen molar-refractivity contribution in [3.05, 3.63) is 0 Å². The predicted octanol–water partition coefficient (Wildman–Crippen LogP) is 3.09. The van der Waals surface area contributed by atoms with Gasteiger partial charge in [0.25, 0.3) is 0 Å². The third kappa shape index (κ3) is 2.71. The number of halogens is 1. The number of carbonyl (C=O) groups is 1. The van der Waals surface area contributed by atoms with Crippen LogP contribution in [0.3, 0.4) is 0 Å². The van der Waals surface area contributed by atoms with E-state index in [9.17, 15) is 4.79 Å². The monoisotopic (exact) mass is 243 g/mol. The zero-order valence-electron chi connectivity index (χ0n) is 10.1. The molecule has 3 heteroatoms. The minimum Gasteiger partial charge on any atom is -0.349 e. The first kappa shape index (κ1) is 12.2. The van der Waals surface area contributed by atoms with Crippen LogP contribution in [0.5, 0.6) is 0 Å². The lowest BCUT2D eigenvalue weighted by atomic mass is 9.82. The van der Waals surface area contributed by atoms with Gasteiger partial charge in [-0.2, -0.15) is 0 Å². The average Bonchev–Trinajstić information content (AvgIpc) is 3.13. The fourth-order valence-electron chi connectivity index (χ4n) is 2.71. The SMILES string of the molecule is CC(C(=O)NC1(CCl)CCCCC1)C1CC1. The molecule has 0 aromatic rings. The Balaban J connectivity index is 1.91. The summed E-state index contributed by atoms with van der Waals surface area (Å²) in [6.07, 6.45) is 8.24. The normalized spacial score (nSPS) is 26.1. The highest BCUT2D eigenvalue weighted by molar-refractivity contribution is 6.18. The maximum atomic E-state index is 12.1. The third-order valence-corrected chi connectivity index (χ3v) is 4.71. The number of amides is 1. The maximum Gasteiger partial charge on any atom is 0.223 e. The summed E-state index contributed by atoms with van der Waals surface area (Å²) in [6.45, 7) is 2.05. The molecule has 0 spiro atoms. The third-order valence-electron chi connectivity index (χ3n) is 4.20. The second-order valence-corrected chi connectivity index (χ2v) is 5.86. The van der Waals surface area contributed by atoms with Crippen molar-refractivity contribution >= 4 is 17.5 Å². The van der Waals surface area contributed by atoms with Gasteiger partial charge in [0.1, 0.15) is 0 Å². The molecule has 0 saturated heterocycles. The fourth-order valence-corrected chi connectivity index (χ4v) is 3.04. The molecule has 92 valence electrons. The van der Waals surface area contributed by atoms with Gasteiger partial charge < -0.3 is 5.32 Å². The lowest BCUT2D eigenvalue weighted by molar-refractivity contribution is -0.127. The molecule has 2 aliphatic rings. The number of carbonyl (C=O) groups excluding carboxylic acids is 1. The van der Waals surface area contributed by atoms with Crippen LogP contribution < -0.4 is 5.32 Å². The zero-order chi connectivity index (χ0) is 11.6. The molecule has 0 heterocycles. The topological polar surface area (TPSA) is 29.1 Å². The Hall–Kier alpha value is -0.240. The quantitative estimate of drug-likeness (QED) is 0.756. The average molecular weight is 244 g/mol. The summed E-state index contributed by atoms with van der Waals surface area (Å²) in [7, 11) is 0. The van der Waals surface area contributed by atoms with E-state index in [0.717, 1.165) is 12.8 Å². The van der Waals surface area contributed by atoms with E-state index in [4.69, 9.17) is 11.6 Å². The summed E-state index contributed by atoms with van der Waals surface area (Å²) < 4.78 is 0. The zero-order valence-corrected chi connectivity index (χ0v) is 10.9. The van der Waals surface area contributed by atoms with Crippen LogP contribution >= 0.6 is 11.6 Å². The molecular weight excluding hydrogens is 222 g/mol. The van der Waals surface area contributed by atoms with E-state index in [0.29, 0.717) is 11.8 Å². The molecule has 0 bridgehead atoms. The lowest BCUT2D eigenvalue weighted by Gasteiger charge is -2.37. The Kier molecular flexibility index (Phi) is 3.78.